The Hall–Kier alpha value is -2.76. The summed E-state index contributed by atoms with van der Waals surface area (Å²) < 4.78 is 10.4. The highest BCUT2D eigenvalue weighted by Crippen LogP contribution is 2.40. The summed E-state index contributed by atoms with van der Waals surface area (Å²) in [5.41, 5.74) is 2.62. The minimum Gasteiger partial charge on any atom is -0.454 e. The molecule has 2 aromatic rings. The monoisotopic (exact) mass is 286 g/mol. The number of rotatable bonds is 4. The molecule has 0 saturated carbocycles. The van der Waals surface area contributed by atoms with E-state index in [0.717, 1.165) is 11.1 Å². The van der Waals surface area contributed by atoms with Crippen molar-refractivity contribution in [3.8, 4) is 11.5 Å². The topological polar surface area (TPSA) is 73.6 Å². The Labute approximate surface area is 121 Å². The molecule has 0 bridgehead atoms. The third-order valence-electron chi connectivity index (χ3n) is 3.42. The smallest absolute Gasteiger partial charge is 0.296 e. The average Bonchev–Trinajstić information content (AvgIpc) is 2.92. The highest BCUT2D eigenvalue weighted by Gasteiger charge is 2.23. The molecule has 1 aliphatic heterocycles. The van der Waals surface area contributed by atoms with Crippen molar-refractivity contribution in [2.75, 3.05) is 12.1 Å². The summed E-state index contributed by atoms with van der Waals surface area (Å²) in [7, 11) is 0. The summed E-state index contributed by atoms with van der Waals surface area (Å²) in [6, 6.07) is 10.9. The number of ether oxygens (including phenoxy) is 2. The van der Waals surface area contributed by atoms with E-state index < -0.39 is 4.92 Å². The van der Waals surface area contributed by atoms with Gasteiger partial charge >= 0.3 is 0 Å². The maximum Gasteiger partial charge on any atom is 0.296 e. The zero-order valence-electron chi connectivity index (χ0n) is 11.5. The zero-order chi connectivity index (χ0) is 14.8. The van der Waals surface area contributed by atoms with Crippen LogP contribution in [0.3, 0.4) is 0 Å². The van der Waals surface area contributed by atoms with Gasteiger partial charge in [0.25, 0.3) is 5.69 Å². The molecule has 0 spiro atoms. The number of nitrogens with zero attached hydrogens (tertiary/aromatic N) is 1. The molecule has 0 fully saturated rings. The van der Waals surface area contributed by atoms with Gasteiger partial charge in [-0.25, -0.2) is 0 Å². The minimum atomic E-state index is -0.428. The molecule has 0 aliphatic carbocycles. The maximum absolute atomic E-state index is 11.2. The quantitative estimate of drug-likeness (QED) is 0.690. The lowest BCUT2D eigenvalue weighted by Gasteiger charge is -2.10. The molecule has 1 heterocycles. The van der Waals surface area contributed by atoms with E-state index in [0.29, 0.717) is 23.7 Å². The van der Waals surface area contributed by atoms with Gasteiger partial charge < -0.3 is 14.8 Å². The predicted molar refractivity (Wildman–Crippen MR) is 77.7 cm³/mol. The van der Waals surface area contributed by atoms with E-state index in [1.807, 2.05) is 31.2 Å². The van der Waals surface area contributed by atoms with Crippen molar-refractivity contribution in [2.24, 2.45) is 0 Å². The van der Waals surface area contributed by atoms with E-state index in [9.17, 15) is 10.1 Å². The van der Waals surface area contributed by atoms with Gasteiger partial charge in [0.2, 0.25) is 6.79 Å². The Morgan fingerprint density at radius 3 is 2.67 bits per heavy atom. The van der Waals surface area contributed by atoms with E-state index in [1.54, 1.807) is 6.07 Å². The van der Waals surface area contributed by atoms with Gasteiger partial charge in [0.1, 0.15) is 5.69 Å². The maximum atomic E-state index is 11.2. The van der Waals surface area contributed by atoms with Crippen LogP contribution in [0.25, 0.3) is 0 Å². The van der Waals surface area contributed by atoms with E-state index in [2.05, 4.69) is 5.32 Å². The molecule has 21 heavy (non-hydrogen) atoms. The number of anilines is 1. The highest BCUT2D eigenvalue weighted by atomic mass is 16.7. The Bertz CT molecular complexity index is 700. The first-order valence-corrected chi connectivity index (χ1v) is 6.51. The van der Waals surface area contributed by atoms with Gasteiger partial charge in [0.15, 0.2) is 11.5 Å². The van der Waals surface area contributed by atoms with Crippen molar-refractivity contribution in [3.05, 3.63) is 57.6 Å². The van der Waals surface area contributed by atoms with Gasteiger partial charge in [-0.3, -0.25) is 10.1 Å². The van der Waals surface area contributed by atoms with Gasteiger partial charge in [0.05, 0.1) is 11.0 Å². The standard InChI is InChI=1S/C15H14N2O4/c1-10-4-2-3-5-11(10)8-16-12-6-14-15(21-9-20-14)7-13(12)17(18)19/h2-7,16H,8-9H2,1H3. The molecule has 6 heteroatoms. The normalized spacial score (nSPS) is 12.2. The second-order valence-electron chi connectivity index (χ2n) is 4.76. The number of nitro groups is 1. The van der Waals surface area contributed by atoms with E-state index in [-0.39, 0.29) is 12.5 Å². The Morgan fingerprint density at radius 2 is 1.95 bits per heavy atom. The Balaban J connectivity index is 1.88. The number of aryl methyl sites for hydroxylation is 1. The number of benzene rings is 2. The van der Waals surface area contributed by atoms with Crippen LogP contribution < -0.4 is 14.8 Å². The van der Waals surface area contributed by atoms with Crippen LogP contribution in [0.1, 0.15) is 11.1 Å². The second-order valence-corrected chi connectivity index (χ2v) is 4.76. The third-order valence-corrected chi connectivity index (χ3v) is 3.42. The Kier molecular flexibility index (Phi) is 3.35. The van der Waals surface area contributed by atoms with Crippen LogP contribution in [0.15, 0.2) is 36.4 Å². The first-order valence-electron chi connectivity index (χ1n) is 6.51. The van der Waals surface area contributed by atoms with Gasteiger partial charge in [-0.1, -0.05) is 24.3 Å². The molecule has 6 nitrogen and oxygen atoms in total. The van der Waals surface area contributed by atoms with Gasteiger partial charge in [0, 0.05) is 12.6 Å². The van der Waals surface area contributed by atoms with Crippen LogP contribution >= 0.6 is 0 Å². The van der Waals surface area contributed by atoms with E-state index in [4.69, 9.17) is 9.47 Å². The summed E-state index contributed by atoms with van der Waals surface area (Å²) >= 11 is 0. The van der Waals surface area contributed by atoms with E-state index >= 15 is 0 Å². The van der Waals surface area contributed by atoms with Gasteiger partial charge in [-0.05, 0) is 18.1 Å². The van der Waals surface area contributed by atoms with Crippen LogP contribution in [0, 0.1) is 17.0 Å². The van der Waals surface area contributed by atoms with Crippen LogP contribution in [-0.2, 0) is 6.54 Å². The molecule has 1 N–H and O–H groups in total. The summed E-state index contributed by atoms with van der Waals surface area (Å²) in [4.78, 5) is 10.7. The summed E-state index contributed by atoms with van der Waals surface area (Å²) in [6.07, 6.45) is 0. The molecular formula is C15H14N2O4. The molecule has 0 aromatic heterocycles. The average molecular weight is 286 g/mol. The predicted octanol–water partition coefficient (Wildman–Crippen LogP) is 3.24. The molecule has 0 radical (unpaired) electrons. The molecule has 3 rings (SSSR count). The number of hydrogen-bond acceptors (Lipinski definition) is 5. The van der Waals surface area contributed by atoms with Crippen LogP contribution in [0.4, 0.5) is 11.4 Å². The molecule has 1 aliphatic rings. The lowest BCUT2D eigenvalue weighted by molar-refractivity contribution is -0.384. The molecule has 0 amide bonds. The van der Waals surface area contributed by atoms with Crippen LogP contribution in [-0.4, -0.2) is 11.7 Å². The number of fused-ring (bicyclic) bond motifs is 1. The lowest BCUT2D eigenvalue weighted by atomic mass is 10.1. The highest BCUT2D eigenvalue weighted by molar-refractivity contribution is 5.69. The first-order chi connectivity index (χ1) is 10.1. The number of nitrogens with one attached hydrogen (secondary N) is 1. The van der Waals surface area contributed by atoms with Crippen molar-refractivity contribution in [1.29, 1.82) is 0 Å². The zero-order valence-corrected chi connectivity index (χ0v) is 11.5. The molecule has 0 unspecified atom stereocenters. The van der Waals surface area contributed by atoms with E-state index in [1.165, 1.54) is 6.07 Å². The van der Waals surface area contributed by atoms with Gasteiger partial charge in [-0.2, -0.15) is 0 Å². The molecule has 0 saturated heterocycles. The van der Waals surface area contributed by atoms with Crippen molar-refractivity contribution in [2.45, 2.75) is 13.5 Å². The fourth-order valence-corrected chi connectivity index (χ4v) is 2.22. The lowest BCUT2D eigenvalue weighted by Crippen LogP contribution is -2.04. The Morgan fingerprint density at radius 1 is 1.24 bits per heavy atom. The number of hydrogen-bond donors (Lipinski definition) is 1. The fourth-order valence-electron chi connectivity index (χ4n) is 2.22. The molecule has 0 atom stereocenters. The van der Waals surface area contributed by atoms with Crippen LogP contribution in [0.5, 0.6) is 11.5 Å². The number of nitro benzene ring substituents is 1. The van der Waals surface area contributed by atoms with Crippen molar-refractivity contribution in [3.63, 3.8) is 0 Å². The fraction of sp³-hybridized carbons (Fsp3) is 0.200. The minimum absolute atomic E-state index is 0.0205. The van der Waals surface area contributed by atoms with Crippen molar-refractivity contribution < 1.29 is 14.4 Å². The third kappa shape index (κ3) is 2.60. The molecule has 2 aromatic carbocycles. The SMILES string of the molecule is Cc1ccccc1CNc1cc2c(cc1[N+](=O)[O-])OCO2. The molecular weight excluding hydrogens is 272 g/mol. The van der Waals surface area contributed by atoms with Crippen LogP contribution in [0.2, 0.25) is 0 Å². The summed E-state index contributed by atoms with van der Waals surface area (Å²) in [5, 5.41) is 14.3. The van der Waals surface area contributed by atoms with Gasteiger partial charge in [-0.15, -0.1) is 0 Å². The van der Waals surface area contributed by atoms with Crippen molar-refractivity contribution in [1.82, 2.24) is 0 Å². The summed E-state index contributed by atoms with van der Waals surface area (Å²) in [5.74, 6) is 0.927. The second kappa shape index (κ2) is 5.32. The first kappa shape index (κ1) is 13.2. The van der Waals surface area contributed by atoms with Crippen molar-refractivity contribution >= 4 is 11.4 Å². The largest absolute Gasteiger partial charge is 0.454 e. The molecule has 108 valence electrons. The summed E-state index contributed by atoms with van der Waals surface area (Å²) in [6.45, 7) is 2.60.